The number of carbonyl (C=O) groups excluding carboxylic acids is 1. The number of sulfonamides is 1. The largest absolute Gasteiger partial charge is 0.382 e. The zero-order valence-corrected chi connectivity index (χ0v) is 25.1. The molecule has 1 amide bonds. The Hall–Kier alpha value is -4.88. The van der Waals surface area contributed by atoms with E-state index in [0.29, 0.717) is 43.0 Å². The van der Waals surface area contributed by atoms with Gasteiger partial charge in [-0.15, -0.1) is 0 Å². The predicted octanol–water partition coefficient (Wildman–Crippen LogP) is 3.64. The molecule has 0 saturated carbocycles. The molecule has 13 heteroatoms. The summed E-state index contributed by atoms with van der Waals surface area (Å²) in [5.74, 6) is -0.739. The van der Waals surface area contributed by atoms with Crippen LogP contribution < -0.4 is 16.6 Å². The fraction of sp³-hybridized carbons (Fsp3) is 0.226. The third-order valence-corrected chi connectivity index (χ3v) is 9.02. The van der Waals surface area contributed by atoms with E-state index in [1.54, 1.807) is 29.9 Å². The van der Waals surface area contributed by atoms with Gasteiger partial charge in [-0.25, -0.2) is 21.8 Å². The summed E-state index contributed by atoms with van der Waals surface area (Å²) in [6.45, 7) is 4.54. The van der Waals surface area contributed by atoms with Crippen molar-refractivity contribution >= 4 is 34.2 Å². The lowest BCUT2D eigenvalue weighted by atomic mass is 9.94. The second kappa shape index (κ2) is 12.4. The van der Waals surface area contributed by atoms with Crippen LogP contribution in [0, 0.1) is 5.82 Å². The maximum Gasteiger partial charge on any atom is 0.267 e. The van der Waals surface area contributed by atoms with E-state index in [1.165, 1.54) is 51.7 Å². The molecule has 4 aromatic rings. The molecule has 2 aromatic heterocycles. The van der Waals surface area contributed by atoms with Crippen LogP contribution in [0.25, 0.3) is 16.8 Å². The first-order chi connectivity index (χ1) is 21.0. The number of hydrogen-bond donors (Lipinski definition) is 2. The third kappa shape index (κ3) is 6.10. The fourth-order valence-electron chi connectivity index (χ4n) is 5.42. The average molecular weight is 618 g/mol. The van der Waals surface area contributed by atoms with Gasteiger partial charge in [0.25, 0.3) is 11.5 Å². The quantitative estimate of drug-likeness (QED) is 0.229. The van der Waals surface area contributed by atoms with Gasteiger partial charge in [0.05, 0.1) is 6.26 Å². The molecule has 5 rings (SSSR count). The second-order valence-electron chi connectivity index (χ2n) is 10.4. The first-order valence-electron chi connectivity index (χ1n) is 13.8. The zero-order chi connectivity index (χ0) is 31.6. The number of aliphatic imine (C=N–C) groups is 1. The minimum atomic E-state index is -3.27. The normalized spacial score (nSPS) is 14.8. The average Bonchev–Trinajstić information content (AvgIpc) is 3.41. The van der Waals surface area contributed by atoms with E-state index in [9.17, 15) is 22.4 Å². The number of hydrogen-bond acceptors (Lipinski definition) is 6. The minimum absolute atomic E-state index is 0.0269. The van der Waals surface area contributed by atoms with E-state index in [4.69, 9.17) is 5.73 Å². The maximum absolute atomic E-state index is 13.4. The van der Waals surface area contributed by atoms with Crippen molar-refractivity contribution in [2.45, 2.75) is 18.8 Å². The molecule has 0 atom stereocenters. The molecule has 2 aromatic carbocycles. The Balaban J connectivity index is 1.41. The first-order valence-corrected chi connectivity index (χ1v) is 15.7. The van der Waals surface area contributed by atoms with E-state index < -0.39 is 27.3 Å². The van der Waals surface area contributed by atoms with Crippen LogP contribution in [0.1, 0.15) is 40.5 Å². The highest BCUT2D eigenvalue weighted by Gasteiger charge is 2.30. The van der Waals surface area contributed by atoms with Crippen molar-refractivity contribution < 1.29 is 17.6 Å². The SMILES string of the molecule is C=Nn1c(C2CCN(S(C)(=O)=O)CC2)cc(-c2ccc(NC(=O)c3cccn(-c4ccc(F)cc4)c3=O)cc2)c1/C(N)=N\C. The number of benzene rings is 2. The molecule has 11 nitrogen and oxygen atoms in total. The van der Waals surface area contributed by atoms with E-state index in [-0.39, 0.29) is 17.3 Å². The van der Waals surface area contributed by atoms with Crippen LogP contribution in [-0.2, 0) is 10.0 Å². The third-order valence-electron chi connectivity index (χ3n) is 7.72. The van der Waals surface area contributed by atoms with Crippen molar-refractivity contribution in [1.29, 1.82) is 0 Å². The lowest BCUT2D eigenvalue weighted by Crippen LogP contribution is -2.37. The van der Waals surface area contributed by atoms with Crippen LogP contribution in [0.5, 0.6) is 0 Å². The van der Waals surface area contributed by atoms with Crippen LogP contribution in [0.2, 0.25) is 0 Å². The number of nitrogens with two attached hydrogens (primary N) is 1. The van der Waals surface area contributed by atoms with Crippen LogP contribution in [0.4, 0.5) is 10.1 Å². The van der Waals surface area contributed by atoms with Gasteiger partial charge in [0, 0.05) is 61.6 Å². The lowest BCUT2D eigenvalue weighted by Gasteiger charge is -2.30. The highest BCUT2D eigenvalue weighted by molar-refractivity contribution is 7.88. The summed E-state index contributed by atoms with van der Waals surface area (Å²) >= 11 is 0. The van der Waals surface area contributed by atoms with Crippen molar-refractivity contribution in [1.82, 2.24) is 13.5 Å². The van der Waals surface area contributed by atoms with Crippen molar-refractivity contribution in [3.63, 3.8) is 0 Å². The molecule has 0 unspecified atom stereocenters. The van der Waals surface area contributed by atoms with Crippen LogP contribution in [0.15, 0.2) is 87.8 Å². The van der Waals surface area contributed by atoms with Crippen LogP contribution in [-0.4, -0.2) is 66.8 Å². The topological polar surface area (TPSA) is 144 Å². The Morgan fingerprint density at radius 2 is 1.73 bits per heavy atom. The number of nitrogens with one attached hydrogen (secondary N) is 1. The number of carbonyl (C=O) groups is 1. The van der Waals surface area contributed by atoms with Crippen molar-refractivity contribution in [2.75, 3.05) is 31.7 Å². The molecular weight excluding hydrogens is 585 g/mol. The number of halogens is 1. The number of pyridine rings is 1. The number of piperidine rings is 1. The maximum atomic E-state index is 13.4. The summed E-state index contributed by atoms with van der Waals surface area (Å²) in [6, 6.07) is 17.4. The van der Waals surface area contributed by atoms with E-state index in [2.05, 4.69) is 22.1 Å². The second-order valence-corrected chi connectivity index (χ2v) is 12.4. The number of nitrogens with zero attached hydrogens (tertiary/aromatic N) is 5. The molecule has 228 valence electrons. The number of amides is 1. The molecular formula is C31H32FN7O4S. The Labute approximate surface area is 254 Å². The summed E-state index contributed by atoms with van der Waals surface area (Å²) < 4.78 is 41.8. The standard InChI is InChI=1S/C31H32FN7O4S/c1-34-29(33)28-26(19-27(39(28)35-2)21-14-17-37(18-15-21)44(3,42)43)20-6-10-23(11-7-20)36-30(40)25-5-4-16-38(31(25)41)24-12-8-22(32)9-13-24/h4-13,16,19,21H,2,14-15,17-18H2,1,3H3,(H2,33,34)(H,36,40). The Kier molecular flexibility index (Phi) is 8.61. The van der Waals surface area contributed by atoms with Gasteiger partial charge < -0.3 is 11.1 Å². The number of amidine groups is 1. The highest BCUT2D eigenvalue weighted by Crippen LogP contribution is 2.36. The molecule has 0 radical (unpaired) electrons. The Morgan fingerprint density at radius 1 is 1.07 bits per heavy atom. The molecule has 1 aliphatic heterocycles. The summed E-state index contributed by atoms with van der Waals surface area (Å²) in [6.07, 6.45) is 3.95. The van der Waals surface area contributed by atoms with E-state index in [0.717, 1.165) is 16.8 Å². The summed E-state index contributed by atoms with van der Waals surface area (Å²) in [7, 11) is -1.69. The number of anilines is 1. The molecule has 1 fully saturated rings. The predicted molar refractivity (Wildman–Crippen MR) is 170 cm³/mol. The minimum Gasteiger partial charge on any atom is -0.382 e. The molecule has 0 bridgehead atoms. The van der Waals surface area contributed by atoms with Gasteiger partial charge in [0.2, 0.25) is 10.0 Å². The smallest absolute Gasteiger partial charge is 0.267 e. The Morgan fingerprint density at radius 3 is 2.32 bits per heavy atom. The summed E-state index contributed by atoms with van der Waals surface area (Å²) in [5.41, 5.74) is 9.54. The van der Waals surface area contributed by atoms with Gasteiger partial charge >= 0.3 is 0 Å². The van der Waals surface area contributed by atoms with Gasteiger partial charge in [0.1, 0.15) is 22.9 Å². The van der Waals surface area contributed by atoms with E-state index in [1.807, 2.05) is 18.2 Å². The number of rotatable bonds is 8. The lowest BCUT2D eigenvalue weighted by molar-refractivity contribution is 0.102. The summed E-state index contributed by atoms with van der Waals surface area (Å²) in [4.78, 5) is 30.3. The molecule has 1 aliphatic rings. The van der Waals surface area contributed by atoms with Crippen LogP contribution >= 0.6 is 0 Å². The zero-order valence-electron chi connectivity index (χ0n) is 24.3. The molecule has 3 N–H and O–H groups in total. The van der Waals surface area contributed by atoms with Crippen LogP contribution in [0.3, 0.4) is 0 Å². The molecule has 0 aliphatic carbocycles. The van der Waals surface area contributed by atoms with Gasteiger partial charge in [-0.1, -0.05) is 12.1 Å². The first kappa shape index (κ1) is 30.6. The van der Waals surface area contributed by atoms with Gasteiger partial charge in [-0.05, 0) is 73.0 Å². The van der Waals surface area contributed by atoms with Crippen molar-refractivity contribution in [3.05, 3.63) is 106 Å². The van der Waals surface area contributed by atoms with Crippen molar-refractivity contribution in [3.8, 4) is 16.8 Å². The summed E-state index contributed by atoms with van der Waals surface area (Å²) in [5, 5.41) is 6.99. The molecule has 0 spiro atoms. The number of aromatic nitrogens is 2. The van der Waals surface area contributed by atoms with Gasteiger partial charge in [-0.3, -0.25) is 19.1 Å². The van der Waals surface area contributed by atoms with Gasteiger partial charge in [0.15, 0.2) is 0 Å². The molecule has 44 heavy (non-hydrogen) atoms. The molecule has 1 saturated heterocycles. The monoisotopic (exact) mass is 617 g/mol. The fourth-order valence-corrected chi connectivity index (χ4v) is 6.30. The van der Waals surface area contributed by atoms with Crippen molar-refractivity contribution in [2.24, 2.45) is 15.8 Å². The highest BCUT2D eigenvalue weighted by atomic mass is 32.2. The van der Waals surface area contributed by atoms with Gasteiger partial charge in [-0.2, -0.15) is 5.10 Å². The molecule has 3 heterocycles. The van der Waals surface area contributed by atoms with E-state index >= 15 is 0 Å². The Bertz CT molecular complexity index is 1910.